The second-order valence-electron chi connectivity index (χ2n) is 9.28. The van der Waals surface area contributed by atoms with Gasteiger partial charge in [0.25, 0.3) is 0 Å². The van der Waals surface area contributed by atoms with Crippen LogP contribution in [0, 0.1) is 16.7 Å². The van der Waals surface area contributed by atoms with E-state index in [2.05, 4.69) is 62.0 Å². The van der Waals surface area contributed by atoms with E-state index < -0.39 is 0 Å². The van der Waals surface area contributed by atoms with Gasteiger partial charge in [-0.25, -0.2) is 0 Å². The zero-order valence-corrected chi connectivity index (χ0v) is 17.6. The molecule has 1 heteroatoms. The van der Waals surface area contributed by atoms with Gasteiger partial charge in [-0.2, -0.15) is 0 Å². The average Bonchev–Trinajstić information content (AvgIpc) is 2.49. The number of rotatable bonds is 6. The van der Waals surface area contributed by atoms with E-state index in [1.54, 1.807) is 0 Å². The van der Waals surface area contributed by atoms with Crippen molar-refractivity contribution in [3.8, 4) is 0 Å². The van der Waals surface area contributed by atoms with E-state index in [0.717, 1.165) is 18.5 Å². The largest absolute Gasteiger partial charge is 0.399 e. The first kappa shape index (κ1) is 21.1. The third-order valence-electron chi connectivity index (χ3n) is 6.78. The molecule has 0 amide bonds. The van der Waals surface area contributed by atoms with E-state index >= 15 is 0 Å². The summed E-state index contributed by atoms with van der Waals surface area (Å²) in [5.41, 5.74) is 13.2. The van der Waals surface area contributed by atoms with Crippen LogP contribution in [0.5, 0.6) is 0 Å². The molecule has 2 N–H and O–H groups in total. The molecule has 1 nitrogen and oxygen atoms in total. The number of hydrogen-bond acceptors (Lipinski definition) is 1. The van der Waals surface area contributed by atoms with Crippen molar-refractivity contribution in [2.45, 2.75) is 93.9 Å². The van der Waals surface area contributed by atoms with Crippen LogP contribution in [0.3, 0.4) is 0 Å². The number of hydrogen-bond donors (Lipinski definition) is 1. The van der Waals surface area contributed by atoms with Crippen molar-refractivity contribution in [1.82, 2.24) is 0 Å². The van der Waals surface area contributed by atoms with Gasteiger partial charge in [-0.05, 0) is 80.8 Å². The van der Waals surface area contributed by atoms with Crippen molar-refractivity contribution in [3.63, 3.8) is 0 Å². The van der Waals surface area contributed by atoms with Gasteiger partial charge in [0.1, 0.15) is 0 Å². The van der Waals surface area contributed by atoms with Crippen LogP contribution in [0.15, 0.2) is 34.6 Å². The molecule has 0 aromatic heterocycles. The molecule has 0 heterocycles. The molecule has 138 valence electrons. The molecule has 0 aromatic carbocycles. The standard InChI is InChI=1S/C23H41N/c1-10-11-16(2)21(20(6)24)18(4)17(3)19(5)23(9)14-12-22(7,8)13-15-23/h19H,6,10-15,24H2,1-5,7-9H3/b18-17+,21-16-/t19-/m0/s1. The van der Waals surface area contributed by atoms with Gasteiger partial charge < -0.3 is 5.73 Å². The Balaban J connectivity index is 3.16. The van der Waals surface area contributed by atoms with E-state index in [-0.39, 0.29) is 0 Å². The minimum absolute atomic E-state index is 0.403. The molecule has 0 radical (unpaired) electrons. The van der Waals surface area contributed by atoms with Crippen molar-refractivity contribution in [1.29, 1.82) is 0 Å². The van der Waals surface area contributed by atoms with Crippen molar-refractivity contribution >= 4 is 0 Å². The first-order valence-corrected chi connectivity index (χ1v) is 9.77. The van der Waals surface area contributed by atoms with E-state index in [1.807, 2.05) is 0 Å². The molecule has 1 rings (SSSR count). The summed E-state index contributed by atoms with van der Waals surface area (Å²) in [6.45, 7) is 22.8. The number of allylic oxidation sites excluding steroid dienone is 3. The Morgan fingerprint density at radius 3 is 1.96 bits per heavy atom. The molecule has 1 atom stereocenters. The lowest BCUT2D eigenvalue weighted by Crippen LogP contribution is -2.34. The van der Waals surface area contributed by atoms with Gasteiger partial charge in [0.05, 0.1) is 0 Å². The monoisotopic (exact) mass is 331 g/mol. The summed E-state index contributed by atoms with van der Waals surface area (Å²) in [4.78, 5) is 0. The van der Waals surface area contributed by atoms with Gasteiger partial charge in [-0.3, -0.25) is 0 Å². The summed E-state index contributed by atoms with van der Waals surface area (Å²) in [5, 5.41) is 0. The first-order valence-electron chi connectivity index (χ1n) is 9.77. The quantitative estimate of drug-likeness (QED) is 0.514. The maximum Gasteiger partial charge on any atom is 0.0316 e. The zero-order chi connectivity index (χ0) is 18.7. The van der Waals surface area contributed by atoms with Crippen LogP contribution in [0.2, 0.25) is 0 Å². The van der Waals surface area contributed by atoms with Crippen LogP contribution in [0.4, 0.5) is 0 Å². The fourth-order valence-corrected chi connectivity index (χ4v) is 4.31. The van der Waals surface area contributed by atoms with Crippen LogP contribution >= 0.6 is 0 Å². The molecule has 1 aliphatic carbocycles. The normalized spacial score (nSPS) is 23.2. The van der Waals surface area contributed by atoms with Crippen molar-refractivity contribution in [2.75, 3.05) is 0 Å². The second kappa shape index (κ2) is 7.93. The van der Waals surface area contributed by atoms with Crippen LogP contribution in [0.1, 0.15) is 93.9 Å². The molecule has 0 aliphatic heterocycles. The highest BCUT2D eigenvalue weighted by atomic mass is 14.6. The molecule has 24 heavy (non-hydrogen) atoms. The predicted octanol–water partition coefficient (Wildman–Crippen LogP) is 7.15. The second-order valence-corrected chi connectivity index (χ2v) is 9.28. The van der Waals surface area contributed by atoms with Crippen molar-refractivity contribution in [3.05, 3.63) is 34.6 Å². The Bertz CT molecular complexity index is 520. The van der Waals surface area contributed by atoms with E-state index in [1.165, 1.54) is 48.0 Å². The van der Waals surface area contributed by atoms with Gasteiger partial charge in [-0.15, -0.1) is 0 Å². The molecule has 0 unspecified atom stereocenters. The van der Waals surface area contributed by atoms with Crippen LogP contribution in [-0.4, -0.2) is 0 Å². The lowest BCUT2D eigenvalue weighted by molar-refractivity contribution is 0.0811. The summed E-state index contributed by atoms with van der Waals surface area (Å²) in [7, 11) is 0. The molecular weight excluding hydrogens is 290 g/mol. The Morgan fingerprint density at radius 1 is 1.04 bits per heavy atom. The van der Waals surface area contributed by atoms with E-state index in [4.69, 9.17) is 5.73 Å². The fourth-order valence-electron chi connectivity index (χ4n) is 4.31. The maximum absolute atomic E-state index is 6.17. The summed E-state index contributed by atoms with van der Waals surface area (Å²) in [5.74, 6) is 0.581. The van der Waals surface area contributed by atoms with Crippen LogP contribution in [0.25, 0.3) is 0 Å². The average molecular weight is 332 g/mol. The van der Waals surface area contributed by atoms with Crippen molar-refractivity contribution < 1.29 is 0 Å². The molecule has 0 spiro atoms. The first-order chi connectivity index (χ1) is 10.9. The van der Waals surface area contributed by atoms with Crippen LogP contribution in [-0.2, 0) is 0 Å². The molecule has 1 aliphatic rings. The summed E-state index contributed by atoms with van der Waals surface area (Å²) in [6.07, 6.45) is 7.56. The zero-order valence-electron chi connectivity index (χ0n) is 17.6. The third-order valence-corrected chi connectivity index (χ3v) is 6.78. The van der Waals surface area contributed by atoms with Gasteiger partial charge >= 0.3 is 0 Å². The molecule has 0 bridgehead atoms. The predicted molar refractivity (Wildman–Crippen MR) is 109 cm³/mol. The molecule has 1 saturated carbocycles. The lowest BCUT2D eigenvalue weighted by atomic mass is 9.60. The highest BCUT2D eigenvalue weighted by molar-refractivity contribution is 5.48. The minimum atomic E-state index is 0.403. The van der Waals surface area contributed by atoms with Gasteiger partial charge in [0.15, 0.2) is 0 Å². The van der Waals surface area contributed by atoms with Gasteiger partial charge in [0, 0.05) is 5.70 Å². The molecular formula is C23H41N. The van der Waals surface area contributed by atoms with Gasteiger partial charge in [-0.1, -0.05) is 58.8 Å². The van der Waals surface area contributed by atoms with E-state index in [0.29, 0.717) is 16.7 Å². The highest BCUT2D eigenvalue weighted by Gasteiger charge is 2.39. The van der Waals surface area contributed by atoms with Crippen LogP contribution < -0.4 is 5.73 Å². The smallest absolute Gasteiger partial charge is 0.0316 e. The Hall–Kier alpha value is -0.980. The number of nitrogens with two attached hydrogens (primary N) is 1. The Labute approximate surface area is 151 Å². The lowest BCUT2D eigenvalue weighted by Gasteiger charge is -2.46. The molecule has 1 fully saturated rings. The van der Waals surface area contributed by atoms with Crippen molar-refractivity contribution in [2.24, 2.45) is 22.5 Å². The Morgan fingerprint density at radius 2 is 1.54 bits per heavy atom. The molecule has 0 aromatic rings. The Kier molecular flexibility index (Phi) is 6.96. The maximum atomic E-state index is 6.17. The van der Waals surface area contributed by atoms with Gasteiger partial charge in [0.2, 0.25) is 0 Å². The highest BCUT2D eigenvalue weighted by Crippen LogP contribution is 2.51. The topological polar surface area (TPSA) is 26.0 Å². The van der Waals surface area contributed by atoms with E-state index in [9.17, 15) is 0 Å². The minimum Gasteiger partial charge on any atom is -0.399 e. The fraction of sp³-hybridized carbons (Fsp3) is 0.739. The SMILES string of the molecule is C=C(N)C(=C(/C)CCC)/C(C)=C(\C)[C@H](C)C1(C)CCC(C)(C)CC1. The summed E-state index contributed by atoms with van der Waals surface area (Å²) < 4.78 is 0. The summed E-state index contributed by atoms with van der Waals surface area (Å²) >= 11 is 0. The third kappa shape index (κ3) is 4.77. The summed E-state index contributed by atoms with van der Waals surface area (Å²) in [6, 6.07) is 0. The molecule has 0 saturated heterocycles.